The molecule has 0 atom stereocenters. The quantitative estimate of drug-likeness (QED) is 0.435. The standard InChI is InChI=1S/C6H9NO/c1-2-3-6(4-7)5-8/h5,8H,2-3H2,1H3/b6-5-. The van der Waals surface area contributed by atoms with Crippen LogP contribution >= 0.6 is 0 Å². The van der Waals surface area contributed by atoms with E-state index in [1.54, 1.807) is 0 Å². The first-order chi connectivity index (χ1) is 3.85. The number of allylic oxidation sites excluding steroid dienone is 1. The van der Waals surface area contributed by atoms with Crippen LogP contribution in [0.2, 0.25) is 0 Å². The molecule has 0 heterocycles. The van der Waals surface area contributed by atoms with Crippen LogP contribution in [-0.4, -0.2) is 5.11 Å². The summed E-state index contributed by atoms with van der Waals surface area (Å²) in [7, 11) is 0. The van der Waals surface area contributed by atoms with Crippen LogP contribution in [0.3, 0.4) is 0 Å². The zero-order valence-corrected chi connectivity index (χ0v) is 4.89. The van der Waals surface area contributed by atoms with Crippen molar-refractivity contribution in [3.8, 4) is 6.07 Å². The predicted octanol–water partition coefficient (Wildman–Crippen LogP) is 1.75. The van der Waals surface area contributed by atoms with E-state index in [1.165, 1.54) is 0 Å². The summed E-state index contributed by atoms with van der Waals surface area (Å²) in [6.07, 6.45) is 2.44. The summed E-state index contributed by atoms with van der Waals surface area (Å²) in [5.41, 5.74) is 0.451. The Morgan fingerprint density at radius 1 is 1.88 bits per heavy atom. The highest BCUT2D eigenvalue weighted by molar-refractivity contribution is 5.17. The average Bonchev–Trinajstić information content (AvgIpc) is 1.83. The summed E-state index contributed by atoms with van der Waals surface area (Å²) in [4.78, 5) is 0. The molecule has 0 saturated carbocycles. The van der Waals surface area contributed by atoms with Gasteiger partial charge < -0.3 is 5.11 Å². The molecule has 0 aromatic heterocycles. The summed E-state index contributed by atoms with van der Waals surface area (Å²) < 4.78 is 0. The van der Waals surface area contributed by atoms with Crippen LogP contribution in [0.5, 0.6) is 0 Å². The van der Waals surface area contributed by atoms with Gasteiger partial charge in [0.1, 0.15) is 0 Å². The number of nitrogens with zero attached hydrogens (tertiary/aromatic N) is 1. The van der Waals surface area contributed by atoms with Crippen molar-refractivity contribution in [2.75, 3.05) is 0 Å². The third-order valence-corrected chi connectivity index (χ3v) is 0.819. The first-order valence-corrected chi connectivity index (χ1v) is 2.58. The summed E-state index contributed by atoms with van der Waals surface area (Å²) >= 11 is 0. The van der Waals surface area contributed by atoms with Gasteiger partial charge in [-0.1, -0.05) is 13.3 Å². The second-order valence-electron chi connectivity index (χ2n) is 1.52. The van der Waals surface area contributed by atoms with E-state index in [0.29, 0.717) is 12.0 Å². The van der Waals surface area contributed by atoms with Gasteiger partial charge in [-0.25, -0.2) is 0 Å². The van der Waals surface area contributed by atoms with E-state index in [4.69, 9.17) is 10.4 Å². The second-order valence-corrected chi connectivity index (χ2v) is 1.52. The summed E-state index contributed by atoms with van der Waals surface area (Å²) in [5, 5.41) is 16.5. The molecule has 2 nitrogen and oxygen atoms in total. The number of hydrogen-bond acceptors (Lipinski definition) is 2. The van der Waals surface area contributed by atoms with E-state index < -0.39 is 0 Å². The first kappa shape index (κ1) is 7.03. The fourth-order valence-corrected chi connectivity index (χ4v) is 0.419. The van der Waals surface area contributed by atoms with Crippen molar-refractivity contribution in [1.29, 1.82) is 5.26 Å². The first-order valence-electron chi connectivity index (χ1n) is 2.58. The zero-order valence-electron chi connectivity index (χ0n) is 4.89. The largest absolute Gasteiger partial charge is 0.515 e. The van der Waals surface area contributed by atoms with Gasteiger partial charge >= 0.3 is 0 Å². The van der Waals surface area contributed by atoms with E-state index in [2.05, 4.69) is 0 Å². The summed E-state index contributed by atoms with van der Waals surface area (Å²) in [6, 6.07) is 1.86. The molecule has 0 saturated heterocycles. The van der Waals surface area contributed by atoms with Crippen LogP contribution in [0.1, 0.15) is 19.8 Å². The smallest absolute Gasteiger partial charge is 0.0979 e. The molecule has 0 amide bonds. The van der Waals surface area contributed by atoms with Crippen LogP contribution in [0.15, 0.2) is 11.8 Å². The summed E-state index contributed by atoms with van der Waals surface area (Å²) in [5.74, 6) is 0. The Kier molecular flexibility index (Phi) is 3.69. The Balaban J connectivity index is 3.60. The molecule has 1 N–H and O–H groups in total. The molecule has 0 aromatic carbocycles. The van der Waals surface area contributed by atoms with E-state index >= 15 is 0 Å². The highest BCUT2D eigenvalue weighted by atomic mass is 16.2. The fraction of sp³-hybridized carbons (Fsp3) is 0.500. The molecule has 0 bridgehead atoms. The molecule has 0 rings (SSSR count). The van der Waals surface area contributed by atoms with Crippen LogP contribution in [0.4, 0.5) is 0 Å². The van der Waals surface area contributed by atoms with Gasteiger partial charge in [0.05, 0.1) is 17.9 Å². The second kappa shape index (κ2) is 4.20. The number of aliphatic hydroxyl groups is 1. The molecular formula is C6H9NO. The number of nitriles is 1. The maximum absolute atomic E-state index is 8.27. The Bertz CT molecular complexity index is 121. The average molecular weight is 111 g/mol. The van der Waals surface area contributed by atoms with Gasteiger partial charge in [-0.3, -0.25) is 0 Å². The highest BCUT2D eigenvalue weighted by Crippen LogP contribution is 1.99. The number of aliphatic hydroxyl groups excluding tert-OH is 1. The molecule has 0 aromatic rings. The lowest BCUT2D eigenvalue weighted by atomic mass is 10.2. The third kappa shape index (κ3) is 2.25. The maximum Gasteiger partial charge on any atom is 0.0979 e. The van der Waals surface area contributed by atoms with Gasteiger partial charge in [0.15, 0.2) is 0 Å². The number of rotatable bonds is 2. The highest BCUT2D eigenvalue weighted by Gasteiger charge is 1.89. The predicted molar refractivity (Wildman–Crippen MR) is 31.2 cm³/mol. The van der Waals surface area contributed by atoms with Gasteiger partial charge in [-0.05, 0) is 6.42 Å². The molecule has 0 aliphatic heterocycles. The minimum Gasteiger partial charge on any atom is -0.515 e. The van der Waals surface area contributed by atoms with Crippen LogP contribution in [0, 0.1) is 11.3 Å². The normalized spacial score (nSPS) is 10.8. The van der Waals surface area contributed by atoms with Gasteiger partial charge in [-0.2, -0.15) is 5.26 Å². The van der Waals surface area contributed by atoms with Crippen LogP contribution in [0.25, 0.3) is 0 Å². The summed E-state index contributed by atoms with van der Waals surface area (Å²) in [6.45, 7) is 1.96. The van der Waals surface area contributed by atoms with Crippen molar-refractivity contribution in [1.82, 2.24) is 0 Å². The Labute approximate surface area is 49.1 Å². The molecule has 0 radical (unpaired) electrons. The van der Waals surface area contributed by atoms with Crippen molar-refractivity contribution >= 4 is 0 Å². The van der Waals surface area contributed by atoms with Crippen molar-refractivity contribution in [3.63, 3.8) is 0 Å². The topological polar surface area (TPSA) is 44.0 Å². The number of hydrogen-bond donors (Lipinski definition) is 1. The molecule has 0 aliphatic carbocycles. The van der Waals surface area contributed by atoms with Gasteiger partial charge in [0, 0.05) is 0 Å². The van der Waals surface area contributed by atoms with E-state index in [0.717, 1.165) is 12.7 Å². The van der Waals surface area contributed by atoms with Crippen LogP contribution < -0.4 is 0 Å². The lowest BCUT2D eigenvalue weighted by molar-refractivity contribution is 0.467. The van der Waals surface area contributed by atoms with Gasteiger partial charge in [0.2, 0.25) is 0 Å². The Morgan fingerprint density at radius 3 is 2.62 bits per heavy atom. The molecule has 0 fully saturated rings. The van der Waals surface area contributed by atoms with E-state index in [-0.39, 0.29) is 0 Å². The molecule has 2 heteroatoms. The van der Waals surface area contributed by atoms with Crippen molar-refractivity contribution in [2.24, 2.45) is 0 Å². The SMILES string of the molecule is CCC/C(C#N)=C/O. The van der Waals surface area contributed by atoms with Gasteiger partial charge in [0.25, 0.3) is 0 Å². The zero-order chi connectivity index (χ0) is 6.41. The minimum absolute atomic E-state index is 0.451. The molecule has 0 spiro atoms. The monoisotopic (exact) mass is 111 g/mol. The van der Waals surface area contributed by atoms with Crippen LogP contribution in [-0.2, 0) is 0 Å². The van der Waals surface area contributed by atoms with Gasteiger partial charge in [-0.15, -0.1) is 0 Å². The molecule has 8 heavy (non-hydrogen) atoms. The molecular weight excluding hydrogens is 102 g/mol. The van der Waals surface area contributed by atoms with Crippen molar-refractivity contribution in [3.05, 3.63) is 11.8 Å². The maximum atomic E-state index is 8.27. The van der Waals surface area contributed by atoms with Crippen molar-refractivity contribution < 1.29 is 5.11 Å². The Hall–Kier alpha value is -0.970. The lowest BCUT2D eigenvalue weighted by Gasteiger charge is -1.86. The fourth-order valence-electron chi connectivity index (χ4n) is 0.419. The van der Waals surface area contributed by atoms with Crippen molar-refractivity contribution in [2.45, 2.75) is 19.8 Å². The minimum atomic E-state index is 0.451. The van der Waals surface area contributed by atoms with E-state index in [1.807, 2.05) is 13.0 Å². The molecule has 0 unspecified atom stereocenters. The lowest BCUT2D eigenvalue weighted by Crippen LogP contribution is -1.75. The molecule has 44 valence electrons. The molecule has 0 aliphatic rings. The third-order valence-electron chi connectivity index (χ3n) is 0.819. The Morgan fingerprint density at radius 2 is 2.50 bits per heavy atom. The van der Waals surface area contributed by atoms with E-state index in [9.17, 15) is 0 Å².